The van der Waals surface area contributed by atoms with Crippen molar-refractivity contribution in [3.8, 4) is 12.3 Å². The Morgan fingerprint density at radius 2 is 1.89 bits per heavy atom. The van der Waals surface area contributed by atoms with Crippen molar-refractivity contribution in [2.75, 3.05) is 0 Å². The molecule has 0 saturated carbocycles. The number of carbonyl (C=O) groups is 1. The summed E-state index contributed by atoms with van der Waals surface area (Å²) in [6.45, 7) is 4.62. The van der Waals surface area contributed by atoms with Gasteiger partial charge in [-0.2, -0.15) is 5.10 Å². The monoisotopic (exact) mass is 357 g/mol. The number of aromatic nitrogens is 1. The number of rotatable bonds is 6. The van der Waals surface area contributed by atoms with E-state index < -0.39 is 0 Å². The van der Waals surface area contributed by atoms with Crippen molar-refractivity contribution >= 4 is 23.0 Å². The quantitative estimate of drug-likeness (QED) is 0.407. The van der Waals surface area contributed by atoms with E-state index in [0.717, 1.165) is 34.1 Å². The van der Waals surface area contributed by atoms with Crippen molar-refractivity contribution in [1.29, 1.82) is 0 Å². The fourth-order valence-corrected chi connectivity index (χ4v) is 3.20. The summed E-state index contributed by atoms with van der Waals surface area (Å²) >= 11 is 0. The van der Waals surface area contributed by atoms with Gasteiger partial charge in [-0.15, -0.1) is 6.42 Å². The summed E-state index contributed by atoms with van der Waals surface area (Å²) in [6.07, 6.45) is 8.49. The molecule has 0 spiro atoms. The topological polar surface area (TPSA) is 46.4 Å². The lowest BCUT2D eigenvalue weighted by atomic mass is 10.1. The van der Waals surface area contributed by atoms with E-state index >= 15 is 0 Å². The highest BCUT2D eigenvalue weighted by molar-refractivity contribution is 6.01. The van der Waals surface area contributed by atoms with Crippen LogP contribution in [0.4, 0.5) is 0 Å². The van der Waals surface area contributed by atoms with Gasteiger partial charge in [-0.05, 0) is 30.5 Å². The number of para-hydroxylation sites is 1. The molecule has 4 nitrogen and oxygen atoms in total. The van der Waals surface area contributed by atoms with E-state index in [4.69, 9.17) is 6.42 Å². The van der Waals surface area contributed by atoms with Crippen molar-refractivity contribution < 1.29 is 4.79 Å². The molecule has 0 aliphatic heterocycles. The second kappa shape index (κ2) is 8.37. The molecule has 0 aliphatic carbocycles. The summed E-state index contributed by atoms with van der Waals surface area (Å²) < 4.78 is 2.08. The van der Waals surface area contributed by atoms with Gasteiger partial charge in [0.1, 0.15) is 0 Å². The molecule has 0 atom stereocenters. The van der Waals surface area contributed by atoms with Crippen LogP contribution in [0.25, 0.3) is 10.9 Å². The zero-order valence-corrected chi connectivity index (χ0v) is 15.7. The lowest BCUT2D eigenvalue weighted by Gasteiger charge is -2.03. The lowest BCUT2D eigenvalue weighted by molar-refractivity contribution is -0.120. The van der Waals surface area contributed by atoms with Crippen molar-refractivity contribution in [2.24, 2.45) is 5.10 Å². The van der Waals surface area contributed by atoms with Crippen LogP contribution in [0.1, 0.15) is 29.3 Å². The first kappa shape index (κ1) is 18.5. The highest BCUT2D eigenvalue weighted by atomic mass is 16.2. The van der Waals surface area contributed by atoms with Gasteiger partial charge in [0, 0.05) is 22.2 Å². The third-order valence-corrected chi connectivity index (χ3v) is 4.71. The van der Waals surface area contributed by atoms with E-state index in [1.165, 1.54) is 5.56 Å². The van der Waals surface area contributed by atoms with Gasteiger partial charge in [0.2, 0.25) is 5.91 Å². The molecule has 0 aliphatic rings. The number of hydrazone groups is 1. The van der Waals surface area contributed by atoms with E-state index in [1.807, 2.05) is 43.3 Å². The Morgan fingerprint density at radius 1 is 1.19 bits per heavy atom. The van der Waals surface area contributed by atoms with Gasteiger partial charge in [0.05, 0.1) is 19.2 Å². The number of terminal acetylenes is 1. The average Bonchev–Trinajstić information content (AvgIpc) is 2.95. The Kier molecular flexibility index (Phi) is 5.73. The second-order valence-corrected chi connectivity index (χ2v) is 6.45. The normalized spacial score (nSPS) is 11.0. The smallest absolute Gasteiger partial charge is 0.244 e. The fourth-order valence-electron chi connectivity index (χ4n) is 3.20. The van der Waals surface area contributed by atoms with Crippen LogP contribution >= 0.6 is 0 Å². The molecule has 0 fully saturated rings. The molecule has 0 saturated heterocycles. The van der Waals surface area contributed by atoms with Gasteiger partial charge in [0.15, 0.2) is 0 Å². The van der Waals surface area contributed by atoms with Crippen LogP contribution < -0.4 is 5.43 Å². The predicted molar refractivity (Wildman–Crippen MR) is 111 cm³/mol. The van der Waals surface area contributed by atoms with Crippen molar-refractivity contribution in [3.05, 3.63) is 70.9 Å². The third kappa shape index (κ3) is 4.09. The molecule has 27 heavy (non-hydrogen) atoms. The molecule has 2 aromatic carbocycles. The molecule has 0 unspecified atom stereocenters. The SMILES string of the molecule is C#CCn1c(C)c(/C=N\NC(=O)Cc2ccc(CC)cc2)c2ccccc21. The van der Waals surface area contributed by atoms with Gasteiger partial charge in [0.25, 0.3) is 0 Å². The minimum atomic E-state index is -0.138. The minimum Gasteiger partial charge on any atom is -0.333 e. The van der Waals surface area contributed by atoms with Crippen molar-refractivity contribution in [2.45, 2.75) is 33.2 Å². The summed E-state index contributed by atoms with van der Waals surface area (Å²) in [4.78, 5) is 12.2. The number of nitrogens with zero attached hydrogens (tertiary/aromatic N) is 2. The first-order valence-electron chi connectivity index (χ1n) is 9.05. The highest BCUT2D eigenvalue weighted by Crippen LogP contribution is 2.24. The Morgan fingerprint density at radius 3 is 2.59 bits per heavy atom. The molecule has 4 heteroatoms. The fraction of sp³-hybridized carbons (Fsp3) is 0.217. The number of amides is 1. The lowest BCUT2D eigenvalue weighted by Crippen LogP contribution is -2.19. The van der Waals surface area contributed by atoms with E-state index in [9.17, 15) is 4.79 Å². The number of fused-ring (bicyclic) bond motifs is 1. The number of hydrogen-bond donors (Lipinski definition) is 1. The first-order chi connectivity index (χ1) is 13.1. The van der Waals surface area contributed by atoms with Crippen molar-refractivity contribution in [3.63, 3.8) is 0 Å². The Balaban J connectivity index is 1.73. The molecule has 0 radical (unpaired) electrons. The van der Waals surface area contributed by atoms with E-state index in [-0.39, 0.29) is 5.91 Å². The average molecular weight is 357 g/mol. The molecule has 3 aromatic rings. The predicted octanol–water partition coefficient (Wildman–Crippen LogP) is 3.84. The molecule has 0 bridgehead atoms. The van der Waals surface area contributed by atoms with Crippen LogP contribution in [0, 0.1) is 19.3 Å². The number of benzene rings is 2. The number of carbonyl (C=O) groups excluding carboxylic acids is 1. The standard InChI is InChI=1S/C23H23N3O/c1-4-14-26-17(3)21(20-8-6-7-9-22(20)26)16-24-25-23(27)15-19-12-10-18(5-2)11-13-19/h1,6-13,16H,5,14-15H2,2-3H3,(H,25,27)/b24-16-. The van der Waals surface area contributed by atoms with Crippen LogP contribution in [0.5, 0.6) is 0 Å². The maximum atomic E-state index is 12.2. The molecule has 1 heterocycles. The second-order valence-electron chi connectivity index (χ2n) is 6.45. The Labute approximate surface area is 159 Å². The first-order valence-corrected chi connectivity index (χ1v) is 9.05. The van der Waals surface area contributed by atoms with Crippen LogP contribution in [-0.2, 0) is 24.2 Å². The molecule has 1 N–H and O–H groups in total. The largest absolute Gasteiger partial charge is 0.333 e. The highest BCUT2D eigenvalue weighted by Gasteiger charge is 2.11. The van der Waals surface area contributed by atoms with E-state index in [1.54, 1.807) is 6.21 Å². The molecule has 1 amide bonds. The summed E-state index contributed by atoms with van der Waals surface area (Å²) in [6, 6.07) is 16.1. The Hall–Kier alpha value is -3.32. The molecule has 3 rings (SSSR count). The van der Waals surface area contributed by atoms with Gasteiger partial charge in [-0.1, -0.05) is 55.3 Å². The minimum absolute atomic E-state index is 0.138. The van der Waals surface area contributed by atoms with Crippen molar-refractivity contribution in [1.82, 2.24) is 9.99 Å². The number of nitrogens with one attached hydrogen (secondary N) is 1. The van der Waals surface area contributed by atoms with Gasteiger partial charge < -0.3 is 4.57 Å². The maximum absolute atomic E-state index is 12.2. The van der Waals surface area contributed by atoms with Gasteiger partial charge in [-0.25, -0.2) is 5.43 Å². The van der Waals surface area contributed by atoms with Crippen LogP contribution in [-0.4, -0.2) is 16.7 Å². The summed E-state index contributed by atoms with van der Waals surface area (Å²) in [5.41, 5.74) is 7.92. The molecule has 136 valence electrons. The molecule has 1 aromatic heterocycles. The summed E-state index contributed by atoms with van der Waals surface area (Å²) in [5.74, 6) is 2.55. The zero-order chi connectivity index (χ0) is 19.2. The number of hydrogen-bond acceptors (Lipinski definition) is 2. The Bertz CT molecular complexity index is 1020. The summed E-state index contributed by atoms with van der Waals surface area (Å²) in [7, 11) is 0. The molecular formula is C23H23N3O. The van der Waals surface area contributed by atoms with Gasteiger partial charge in [-0.3, -0.25) is 4.79 Å². The van der Waals surface area contributed by atoms with E-state index in [2.05, 4.69) is 40.1 Å². The van der Waals surface area contributed by atoms with E-state index in [0.29, 0.717) is 13.0 Å². The third-order valence-electron chi connectivity index (χ3n) is 4.71. The summed E-state index contributed by atoms with van der Waals surface area (Å²) in [5, 5.41) is 5.23. The maximum Gasteiger partial charge on any atom is 0.244 e. The van der Waals surface area contributed by atoms with Crippen LogP contribution in [0.3, 0.4) is 0 Å². The van der Waals surface area contributed by atoms with Gasteiger partial charge >= 0.3 is 0 Å². The zero-order valence-electron chi connectivity index (χ0n) is 15.7. The van der Waals surface area contributed by atoms with Crippen LogP contribution in [0.2, 0.25) is 0 Å². The molecular weight excluding hydrogens is 334 g/mol. The number of aryl methyl sites for hydroxylation is 1. The van der Waals surface area contributed by atoms with Crippen LogP contribution in [0.15, 0.2) is 53.6 Å².